The second-order valence-electron chi connectivity index (χ2n) is 4.95. The Balaban J connectivity index is 1.96. The summed E-state index contributed by atoms with van der Waals surface area (Å²) in [5.41, 5.74) is 3.37. The highest BCUT2D eigenvalue weighted by atomic mass is 16.3. The quantitative estimate of drug-likeness (QED) is 0.866. The number of hydrogen-bond acceptors (Lipinski definition) is 3. The zero-order valence-electron chi connectivity index (χ0n) is 11.7. The van der Waals surface area contributed by atoms with Crippen LogP contribution in [-0.4, -0.2) is 5.11 Å². The fraction of sp³-hybridized carbons (Fsp3) is 0.375. The van der Waals surface area contributed by atoms with Gasteiger partial charge in [-0.15, -0.1) is 0 Å². The average Bonchev–Trinajstić information content (AvgIpc) is 2.75. The third-order valence-corrected chi connectivity index (χ3v) is 3.36. The van der Waals surface area contributed by atoms with Crippen LogP contribution in [0.1, 0.15) is 41.2 Å². The van der Waals surface area contributed by atoms with Gasteiger partial charge in [0.1, 0.15) is 11.5 Å². The van der Waals surface area contributed by atoms with Crippen LogP contribution in [0.3, 0.4) is 0 Å². The highest BCUT2D eigenvalue weighted by Gasteiger charge is 2.11. The monoisotopic (exact) mass is 259 g/mol. The van der Waals surface area contributed by atoms with E-state index in [0.29, 0.717) is 0 Å². The fourth-order valence-corrected chi connectivity index (χ4v) is 2.22. The van der Waals surface area contributed by atoms with Crippen LogP contribution in [0.2, 0.25) is 0 Å². The second kappa shape index (κ2) is 6.04. The summed E-state index contributed by atoms with van der Waals surface area (Å²) in [6, 6.07) is 10.3. The normalized spacial score (nSPS) is 12.6. The molecule has 0 spiro atoms. The molecule has 0 amide bonds. The number of rotatable bonds is 5. The summed E-state index contributed by atoms with van der Waals surface area (Å²) in [6.45, 7) is 7.00. The Morgan fingerprint density at radius 2 is 1.79 bits per heavy atom. The molecule has 1 aromatic heterocycles. The van der Waals surface area contributed by atoms with Crippen LogP contribution in [-0.2, 0) is 13.2 Å². The summed E-state index contributed by atoms with van der Waals surface area (Å²) in [7, 11) is 0. The number of aliphatic hydroxyl groups excluding tert-OH is 1. The van der Waals surface area contributed by atoms with Crippen molar-refractivity contribution in [3.05, 3.63) is 58.5 Å². The smallest absolute Gasteiger partial charge is 0.105 e. The van der Waals surface area contributed by atoms with E-state index in [1.54, 1.807) is 0 Å². The lowest BCUT2D eigenvalue weighted by Gasteiger charge is -2.13. The minimum Gasteiger partial charge on any atom is -0.466 e. The molecule has 0 fully saturated rings. The van der Waals surface area contributed by atoms with E-state index < -0.39 is 0 Å². The highest BCUT2D eigenvalue weighted by Crippen LogP contribution is 2.21. The standard InChI is InChI=1S/C16H21NO2/c1-11-8-16(13(3)19-11)12(2)17-9-14-4-6-15(10-18)7-5-14/h4-8,12,17-18H,9-10H2,1-3H3. The van der Waals surface area contributed by atoms with Crippen LogP contribution in [0.4, 0.5) is 0 Å². The number of nitrogens with one attached hydrogen (secondary N) is 1. The molecule has 0 radical (unpaired) electrons. The molecule has 2 aromatic rings. The van der Waals surface area contributed by atoms with E-state index in [9.17, 15) is 0 Å². The minimum absolute atomic E-state index is 0.0948. The molecular weight excluding hydrogens is 238 g/mol. The largest absolute Gasteiger partial charge is 0.466 e. The summed E-state index contributed by atoms with van der Waals surface area (Å²) in [6.07, 6.45) is 0. The van der Waals surface area contributed by atoms with Gasteiger partial charge in [0.15, 0.2) is 0 Å². The van der Waals surface area contributed by atoms with E-state index in [4.69, 9.17) is 9.52 Å². The first-order chi connectivity index (χ1) is 9.10. The van der Waals surface area contributed by atoms with Crippen LogP contribution in [0.15, 0.2) is 34.7 Å². The Bertz CT molecular complexity index is 528. The molecule has 1 aromatic carbocycles. The van der Waals surface area contributed by atoms with Crippen LogP contribution < -0.4 is 5.32 Å². The van der Waals surface area contributed by atoms with Crippen LogP contribution in [0.5, 0.6) is 0 Å². The molecule has 2 rings (SSSR count). The maximum absolute atomic E-state index is 9.00. The van der Waals surface area contributed by atoms with E-state index in [1.807, 2.05) is 38.1 Å². The first-order valence-corrected chi connectivity index (χ1v) is 6.59. The molecule has 1 atom stereocenters. The Hall–Kier alpha value is -1.58. The number of hydrogen-bond donors (Lipinski definition) is 2. The van der Waals surface area contributed by atoms with Gasteiger partial charge >= 0.3 is 0 Å². The zero-order valence-corrected chi connectivity index (χ0v) is 11.7. The number of aliphatic hydroxyl groups is 1. The van der Waals surface area contributed by atoms with Crippen molar-refractivity contribution in [3.63, 3.8) is 0 Å². The molecule has 0 saturated heterocycles. The number of furan rings is 1. The van der Waals surface area contributed by atoms with E-state index >= 15 is 0 Å². The van der Waals surface area contributed by atoms with Gasteiger partial charge in [0.05, 0.1) is 6.61 Å². The summed E-state index contributed by atoms with van der Waals surface area (Å²) in [5.74, 6) is 1.93. The molecule has 0 aliphatic carbocycles. The molecule has 102 valence electrons. The lowest BCUT2D eigenvalue weighted by Crippen LogP contribution is -2.18. The fourth-order valence-electron chi connectivity index (χ4n) is 2.22. The Kier molecular flexibility index (Phi) is 4.40. The molecule has 1 heterocycles. The van der Waals surface area contributed by atoms with Crippen molar-refractivity contribution in [1.82, 2.24) is 5.32 Å². The van der Waals surface area contributed by atoms with Gasteiger partial charge in [-0.2, -0.15) is 0 Å². The third kappa shape index (κ3) is 3.46. The summed E-state index contributed by atoms with van der Waals surface area (Å²) in [4.78, 5) is 0. The van der Waals surface area contributed by atoms with Crippen molar-refractivity contribution >= 4 is 0 Å². The van der Waals surface area contributed by atoms with Crippen molar-refractivity contribution in [2.75, 3.05) is 0 Å². The van der Waals surface area contributed by atoms with Gasteiger partial charge in [-0.05, 0) is 38.0 Å². The second-order valence-corrected chi connectivity index (χ2v) is 4.95. The van der Waals surface area contributed by atoms with E-state index in [2.05, 4.69) is 18.3 Å². The first kappa shape index (κ1) is 13.8. The minimum atomic E-state index is 0.0948. The van der Waals surface area contributed by atoms with Gasteiger partial charge in [-0.3, -0.25) is 0 Å². The maximum Gasteiger partial charge on any atom is 0.105 e. The molecule has 2 N–H and O–H groups in total. The SMILES string of the molecule is Cc1cc(C(C)NCc2ccc(CO)cc2)c(C)o1. The molecule has 0 bridgehead atoms. The summed E-state index contributed by atoms with van der Waals surface area (Å²) >= 11 is 0. The molecule has 0 aliphatic heterocycles. The van der Waals surface area contributed by atoms with E-state index in [1.165, 1.54) is 11.1 Å². The van der Waals surface area contributed by atoms with Crippen molar-refractivity contribution in [2.45, 2.75) is 40.0 Å². The molecular formula is C16H21NO2. The lowest BCUT2D eigenvalue weighted by molar-refractivity contribution is 0.282. The Morgan fingerprint density at radius 1 is 1.16 bits per heavy atom. The van der Waals surface area contributed by atoms with Gasteiger partial charge in [-0.25, -0.2) is 0 Å². The maximum atomic E-state index is 9.00. The van der Waals surface area contributed by atoms with Crippen molar-refractivity contribution in [3.8, 4) is 0 Å². The Morgan fingerprint density at radius 3 is 2.32 bits per heavy atom. The van der Waals surface area contributed by atoms with Gasteiger partial charge in [-0.1, -0.05) is 24.3 Å². The predicted octanol–water partition coefficient (Wildman–Crippen LogP) is 3.24. The van der Waals surface area contributed by atoms with E-state index in [-0.39, 0.29) is 12.6 Å². The Labute approximate surface area is 114 Å². The zero-order chi connectivity index (χ0) is 13.8. The predicted molar refractivity (Wildman–Crippen MR) is 75.8 cm³/mol. The van der Waals surface area contributed by atoms with Crippen molar-refractivity contribution < 1.29 is 9.52 Å². The van der Waals surface area contributed by atoms with Gasteiger partial charge in [0.2, 0.25) is 0 Å². The van der Waals surface area contributed by atoms with Gasteiger partial charge < -0.3 is 14.8 Å². The molecule has 1 unspecified atom stereocenters. The molecule has 19 heavy (non-hydrogen) atoms. The molecule has 0 saturated carbocycles. The first-order valence-electron chi connectivity index (χ1n) is 6.59. The topological polar surface area (TPSA) is 45.4 Å². The van der Waals surface area contributed by atoms with Crippen molar-refractivity contribution in [1.29, 1.82) is 0 Å². The number of benzene rings is 1. The number of aryl methyl sites for hydroxylation is 2. The summed E-state index contributed by atoms with van der Waals surface area (Å²) in [5, 5.41) is 12.5. The van der Waals surface area contributed by atoms with Crippen LogP contribution in [0, 0.1) is 13.8 Å². The lowest BCUT2D eigenvalue weighted by atomic mass is 10.1. The van der Waals surface area contributed by atoms with Crippen molar-refractivity contribution in [2.24, 2.45) is 0 Å². The third-order valence-electron chi connectivity index (χ3n) is 3.36. The highest BCUT2D eigenvalue weighted by molar-refractivity contribution is 5.25. The van der Waals surface area contributed by atoms with Gasteiger partial charge in [0.25, 0.3) is 0 Å². The van der Waals surface area contributed by atoms with Gasteiger partial charge in [0, 0.05) is 18.2 Å². The molecule has 3 heteroatoms. The molecule has 3 nitrogen and oxygen atoms in total. The average molecular weight is 259 g/mol. The van der Waals surface area contributed by atoms with Crippen LogP contribution >= 0.6 is 0 Å². The molecule has 0 aliphatic rings. The summed E-state index contributed by atoms with van der Waals surface area (Å²) < 4.78 is 5.55. The van der Waals surface area contributed by atoms with E-state index in [0.717, 1.165) is 23.6 Å². The van der Waals surface area contributed by atoms with Crippen LogP contribution in [0.25, 0.3) is 0 Å².